The van der Waals surface area contributed by atoms with Crippen molar-refractivity contribution in [2.45, 2.75) is 12.5 Å². The number of carbonyl (C=O) groups excluding carboxylic acids is 1. The molecule has 1 heterocycles. The molecular formula is C8H8ClNO3S. The van der Waals surface area contributed by atoms with Crippen LogP contribution in [-0.2, 0) is 14.0 Å². The van der Waals surface area contributed by atoms with E-state index in [4.69, 9.17) is 10.7 Å². The molecular weight excluding hydrogens is 226 g/mol. The molecule has 0 unspecified atom stereocenters. The first kappa shape index (κ1) is 8.73. The molecule has 2 bridgehead atoms. The summed E-state index contributed by atoms with van der Waals surface area (Å²) >= 11 is 0. The smallest absolute Gasteiger partial charge is 0.273 e. The Morgan fingerprint density at radius 1 is 1.36 bits per heavy atom. The van der Waals surface area contributed by atoms with Crippen molar-refractivity contribution in [3.63, 3.8) is 0 Å². The number of nitrogens with zero attached hydrogens (tertiary/aromatic N) is 1. The van der Waals surface area contributed by atoms with Crippen molar-refractivity contribution < 1.29 is 13.2 Å². The topological polar surface area (TPSA) is 54.5 Å². The van der Waals surface area contributed by atoms with Crippen molar-refractivity contribution in [2.24, 2.45) is 17.8 Å². The van der Waals surface area contributed by atoms with E-state index in [-0.39, 0.29) is 29.7 Å². The van der Waals surface area contributed by atoms with Crippen molar-refractivity contribution in [2.75, 3.05) is 0 Å². The van der Waals surface area contributed by atoms with Gasteiger partial charge in [0.05, 0.1) is 12.0 Å². The Hall–Kier alpha value is -0.550. The lowest BCUT2D eigenvalue weighted by molar-refractivity contribution is -0.146. The predicted octanol–water partition coefficient (Wildman–Crippen LogP) is 0.503. The molecule has 14 heavy (non-hydrogen) atoms. The number of hydrogen-bond acceptors (Lipinski definition) is 3. The van der Waals surface area contributed by atoms with Gasteiger partial charge in [0.2, 0.25) is 5.91 Å². The highest BCUT2D eigenvalue weighted by Crippen LogP contribution is 2.53. The van der Waals surface area contributed by atoms with Gasteiger partial charge in [-0.15, -0.1) is 0 Å². The minimum atomic E-state index is -3.87. The van der Waals surface area contributed by atoms with Gasteiger partial charge in [0.15, 0.2) is 0 Å². The van der Waals surface area contributed by atoms with E-state index >= 15 is 0 Å². The van der Waals surface area contributed by atoms with Crippen molar-refractivity contribution in [1.29, 1.82) is 0 Å². The van der Waals surface area contributed by atoms with Gasteiger partial charge in [-0.3, -0.25) is 4.79 Å². The van der Waals surface area contributed by atoms with Crippen LogP contribution in [0.5, 0.6) is 0 Å². The fourth-order valence-corrected chi connectivity index (χ4v) is 4.30. The number of carbonyl (C=O) groups is 1. The Kier molecular flexibility index (Phi) is 1.46. The third-order valence-electron chi connectivity index (χ3n) is 3.43. The van der Waals surface area contributed by atoms with Crippen LogP contribution < -0.4 is 0 Å². The molecule has 0 aromatic heterocycles. The second-order valence-electron chi connectivity index (χ2n) is 4.04. The Morgan fingerprint density at radius 3 is 2.64 bits per heavy atom. The van der Waals surface area contributed by atoms with Gasteiger partial charge >= 0.3 is 9.24 Å². The number of β-lactam (4-membered cyclic amide) rings is 1. The molecule has 0 aromatic rings. The summed E-state index contributed by atoms with van der Waals surface area (Å²) in [6.07, 6.45) is 4.90. The molecule has 3 aliphatic rings. The highest BCUT2D eigenvalue weighted by atomic mass is 35.7. The normalized spacial score (nSPS) is 44.1. The molecule has 3 rings (SSSR count). The molecule has 1 aliphatic heterocycles. The van der Waals surface area contributed by atoms with Crippen molar-refractivity contribution in [1.82, 2.24) is 4.31 Å². The molecule has 1 amide bonds. The SMILES string of the molecule is O=C1[C@H]2[C@H]([C@@H]3C=C[C@H]2C3)N1S(=O)(=O)Cl. The molecule has 4 atom stereocenters. The van der Waals surface area contributed by atoms with Gasteiger partial charge < -0.3 is 0 Å². The monoisotopic (exact) mass is 233 g/mol. The lowest BCUT2D eigenvalue weighted by Gasteiger charge is -2.45. The second-order valence-corrected chi connectivity index (χ2v) is 6.43. The molecule has 4 nitrogen and oxygen atoms in total. The molecule has 1 saturated carbocycles. The van der Waals surface area contributed by atoms with Crippen molar-refractivity contribution in [3.05, 3.63) is 12.2 Å². The van der Waals surface area contributed by atoms with E-state index in [1.807, 2.05) is 12.2 Å². The maximum absolute atomic E-state index is 11.5. The number of amides is 1. The van der Waals surface area contributed by atoms with Crippen molar-refractivity contribution in [3.8, 4) is 0 Å². The molecule has 1 saturated heterocycles. The van der Waals surface area contributed by atoms with Crippen LogP contribution in [0, 0.1) is 17.8 Å². The average Bonchev–Trinajstić information content (AvgIpc) is 2.55. The van der Waals surface area contributed by atoms with E-state index < -0.39 is 9.24 Å². The fraction of sp³-hybridized carbons (Fsp3) is 0.625. The highest BCUT2D eigenvalue weighted by molar-refractivity contribution is 8.12. The molecule has 2 fully saturated rings. The summed E-state index contributed by atoms with van der Waals surface area (Å²) in [5, 5.41) is 0. The zero-order valence-corrected chi connectivity index (χ0v) is 8.70. The van der Waals surface area contributed by atoms with Gasteiger partial charge in [0, 0.05) is 10.7 Å². The van der Waals surface area contributed by atoms with Gasteiger partial charge in [-0.2, -0.15) is 8.42 Å². The van der Waals surface area contributed by atoms with E-state index in [2.05, 4.69) is 0 Å². The molecule has 0 radical (unpaired) electrons. The minimum absolute atomic E-state index is 0.126. The number of hydrogen-bond donors (Lipinski definition) is 0. The fourth-order valence-electron chi connectivity index (χ4n) is 2.91. The Morgan fingerprint density at radius 2 is 2.00 bits per heavy atom. The van der Waals surface area contributed by atoms with E-state index in [1.165, 1.54) is 0 Å². The first-order chi connectivity index (χ1) is 6.50. The maximum atomic E-state index is 11.5. The van der Waals surface area contributed by atoms with Crippen LogP contribution in [0.1, 0.15) is 6.42 Å². The number of halogens is 1. The van der Waals surface area contributed by atoms with Gasteiger partial charge in [0.1, 0.15) is 0 Å². The predicted molar refractivity (Wildman–Crippen MR) is 49.6 cm³/mol. The third-order valence-corrected chi connectivity index (χ3v) is 4.77. The van der Waals surface area contributed by atoms with E-state index in [0.717, 1.165) is 10.7 Å². The summed E-state index contributed by atoms with van der Waals surface area (Å²) in [5.74, 6) is -0.0243. The first-order valence-electron chi connectivity index (χ1n) is 4.46. The third kappa shape index (κ3) is 0.846. The number of rotatable bonds is 1. The molecule has 6 heteroatoms. The zero-order valence-electron chi connectivity index (χ0n) is 7.13. The van der Waals surface area contributed by atoms with Gasteiger partial charge in [0.25, 0.3) is 0 Å². The second kappa shape index (κ2) is 2.33. The largest absolute Gasteiger partial charge is 0.324 e. The maximum Gasteiger partial charge on any atom is 0.324 e. The summed E-state index contributed by atoms with van der Waals surface area (Å²) in [6.45, 7) is 0. The zero-order chi connectivity index (χ0) is 10.1. The van der Waals surface area contributed by atoms with E-state index in [0.29, 0.717) is 0 Å². The summed E-state index contributed by atoms with van der Waals surface area (Å²) in [5.41, 5.74) is 0. The van der Waals surface area contributed by atoms with Crippen LogP contribution in [0.4, 0.5) is 0 Å². The molecule has 0 N–H and O–H groups in total. The van der Waals surface area contributed by atoms with Crippen LogP contribution in [0.15, 0.2) is 12.2 Å². The Bertz CT molecular complexity index is 444. The van der Waals surface area contributed by atoms with E-state index in [9.17, 15) is 13.2 Å². The minimum Gasteiger partial charge on any atom is -0.273 e. The number of allylic oxidation sites excluding steroid dienone is 1. The highest BCUT2D eigenvalue weighted by Gasteiger charge is 2.63. The molecule has 2 aliphatic carbocycles. The summed E-state index contributed by atoms with van der Waals surface area (Å²) in [6, 6.07) is -0.194. The lowest BCUT2D eigenvalue weighted by atomic mass is 9.82. The van der Waals surface area contributed by atoms with Gasteiger partial charge in [-0.1, -0.05) is 12.2 Å². The van der Waals surface area contributed by atoms with Gasteiger partial charge in [-0.25, -0.2) is 4.31 Å². The average molecular weight is 234 g/mol. The standard InChI is InChI=1S/C8H8ClNO3S/c9-14(12,13)10-7-5-2-1-4(3-5)6(7)8(10)11/h1-2,4-7H,3H2/t4-,5+,6+,7-/m0/s1. The van der Waals surface area contributed by atoms with Crippen LogP contribution in [0.3, 0.4) is 0 Å². The lowest BCUT2D eigenvalue weighted by Crippen LogP contribution is -2.63. The van der Waals surface area contributed by atoms with Crippen molar-refractivity contribution >= 4 is 25.8 Å². The summed E-state index contributed by atoms with van der Waals surface area (Å²) < 4.78 is 23.0. The molecule has 0 aromatic carbocycles. The molecule has 0 spiro atoms. The van der Waals surface area contributed by atoms with E-state index in [1.54, 1.807) is 0 Å². The molecule has 76 valence electrons. The Labute approximate surface area is 86.1 Å². The Balaban J connectivity index is 2.01. The van der Waals surface area contributed by atoms with Gasteiger partial charge in [-0.05, 0) is 18.3 Å². The number of fused-ring (bicyclic) bond motifs is 5. The summed E-state index contributed by atoms with van der Waals surface area (Å²) in [4.78, 5) is 11.5. The van der Waals surface area contributed by atoms with Crippen LogP contribution in [0.25, 0.3) is 0 Å². The first-order valence-corrected chi connectivity index (χ1v) is 6.73. The van der Waals surface area contributed by atoms with Crippen LogP contribution >= 0.6 is 10.7 Å². The van der Waals surface area contributed by atoms with Crippen LogP contribution in [0.2, 0.25) is 0 Å². The van der Waals surface area contributed by atoms with Crippen LogP contribution in [-0.4, -0.2) is 24.7 Å². The summed E-state index contributed by atoms with van der Waals surface area (Å²) in [7, 11) is 1.32. The quantitative estimate of drug-likeness (QED) is 0.377.